The van der Waals surface area contributed by atoms with Crippen molar-refractivity contribution in [2.45, 2.75) is 0 Å². The zero-order chi connectivity index (χ0) is 14.4. The van der Waals surface area contributed by atoms with Gasteiger partial charge in [-0.15, -0.1) is 0 Å². The molecule has 6 heteroatoms. The largest absolute Gasteiger partial charge is 0.465 e. The van der Waals surface area contributed by atoms with Crippen molar-refractivity contribution in [2.24, 2.45) is 5.92 Å². The number of rotatable bonds is 4. The fourth-order valence-electron chi connectivity index (χ4n) is 1.85. The third-order valence-electron chi connectivity index (χ3n) is 2.94. The summed E-state index contributed by atoms with van der Waals surface area (Å²) in [6, 6.07) is 5.19. The minimum Gasteiger partial charge on any atom is -0.465 e. The summed E-state index contributed by atoms with van der Waals surface area (Å²) in [6.07, 6.45) is 4.18. The van der Waals surface area contributed by atoms with Gasteiger partial charge in [-0.1, -0.05) is 0 Å². The lowest BCUT2D eigenvalue weighted by Crippen LogP contribution is -2.43. The predicted octanol–water partition coefficient (Wildman–Crippen LogP) is 1.58. The van der Waals surface area contributed by atoms with Crippen molar-refractivity contribution in [3.05, 3.63) is 30.2 Å². The Morgan fingerprint density at radius 2 is 2.20 bits per heavy atom. The summed E-state index contributed by atoms with van der Waals surface area (Å²) >= 11 is 1.76. The molecule has 104 valence electrons. The standard InChI is InChI=1S/C14H14N2O3S/c15-10-12(14(18)16-5-8-20-9-6-16)13(17)4-3-11-2-1-7-19-11/h1-4,7,12H,5-6,8-9H2/b4-3+/t12-/m1/s1. The normalized spacial score (nSPS) is 16.9. The SMILES string of the molecule is N#C[C@H](C(=O)/C=C/c1ccco1)C(=O)N1CCSCC1. The highest BCUT2D eigenvalue weighted by atomic mass is 32.2. The van der Waals surface area contributed by atoms with Gasteiger partial charge in [-0.05, 0) is 24.3 Å². The van der Waals surface area contributed by atoms with Crippen LogP contribution in [0.15, 0.2) is 28.9 Å². The molecule has 2 heterocycles. The number of allylic oxidation sites excluding steroid dienone is 1. The van der Waals surface area contributed by atoms with Crippen LogP contribution in [-0.4, -0.2) is 41.2 Å². The fourth-order valence-corrected chi connectivity index (χ4v) is 2.76. The molecule has 0 aromatic carbocycles. The van der Waals surface area contributed by atoms with Gasteiger partial charge in [0, 0.05) is 24.6 Å². The number of carbonyl (C=O) groups excluding carboxylic acids is 2. The lowest BCUT2D eigenvalue weighted by molar-refractivity contribution is -0.137. The Morgan fingerprint density at radius 1 is 1.45 bits per heavy atom. The van der Waals surface area contributed by atoms with Crippen LogP contribution in [0.5, 0.6) is 0 Å². The van der Waals surface area contributed by atoms with Crippen LogP contribution in [0.2, 0.25) is 0 Å². The van der Waals surface area contributed by atoms with Crippen LogP contribution in [0, 0.1) is 17.2 Å². The van der Waals surface area contributed by atoms with Crippen LogP contribution in [0.25, 0.3) is 6.08 Å². The van der Waals surface area contributed by atoms with Crippen LogP contribution < -0.4 is 0 Å². The number of hydrogen-bond acceptors (Lipinski definition) is 5. The van der Waals surface area contributed by atoms with Gasteiger partial charge in [-0.2, -0.15) is 17.0 Å². The average molecular weight is 290 g/mol. The number of ketones is 1. The van der Waals surface area contributed by atoms with E-state index in [1.54, 1.807) is 34.9 Å². The third kappa shape index (κ3) is 3.52. The molecule has 1 fully saturated rings. The first-order valence-corrected chi connectivity index (χ1v) is 7.39. The molecule has 0 radical (unpaired) electrons. The second-order valence-corrected chi connectivity index (χ2v) is 5.48. The van der Waals surface area contributed by atoms with Crippen molar-refractivity contribution < 1.29 is 14.0 Å². The van der Waals surface area contributed by atoms with Gasteiger partial charge >= 0.3 is 0 Å². The van der Waals surface area contributed by atoms with E-state index in [2.05, 4.69) is 0 Å². The molecule has 1 saturated heterocycles. The molecule has 1 atom stereocenters. The summed E-state index contributed by atoms with van der Waals surface area (Å²) in [6.45, 7) is 1.19. The van der Waals surface area contributed by atoms with Crippen LogP contribution in [0.1, 0.15) is 5.76 Å². The zero-order valence-corrected chi connectivity index (χ0v) is 11.6. The highest BCUT2D eigenvalue weighted by molar-refractivity contribution is 7.99. The highest BCUT2D eigenvalue weighted by Crippen LogP contribution is 2.14. The van der Waals surface area contributed by atoms with Gasteiger partial charge in [0.2, 0.25) is 5.91 Å². The van der Waals surface area contributed by atoms with E-state index in [-0.39, 0.29) is 0 Å². The quantitative estimate of drug-likeness (QED) is 0.621. The van der Waals surface area contributed by atoms with Crippen molar-refractivity contribution in [3.63, 3.8) is 0 Å². The van der Waals surface area contributed by atoms with Gasteiger partial charge in [0.15, 0.2) is 11.7 Å². The third-order valence-corrected chi connectivity index (χ3v) is 3.88. The first-order valence-electron chi connectivity index (χ1n) is 6.24. The Bertz CT molecular complexity index is 539. The molecule has 0 bridgehead atoms. The molecule has 2 rings (SSSR count). The molecular formula is C14H14N2O3S. The van der Waals surface area contributed by atoms with Gasteiger partial charge < -0.3 is 9.32 Å². The van der Waals surface area contributed by atoms with Crippen molar-refractivity contribution in [2.75, 3.05) is 24.6 Å². The first kappa shape index (κ1) is 14.4. The maximum atomic E-state index is 12.1. The number of carbonyl (C=O) groups is 2. The molecule has 1 aliphatic rings. The minimum absolute atomic E-state index is 0.401. The van der Waals surface area contributed by atoms with Crippen LogP contribution in [0.3, 0.4) is 0 Å². The predicted molar refractivity (Wildman–Crippen MR) is 75.8 cm³/mol. The van der Waals surface area contributed by atoms with Crippen LogP contribution >= 0.6 is 11.8 Å². The maximum Gasteiger partial charge on any atom is 0.247 e. The van der Waals surface area contributed by atoms with E-state index in [0.29, 0.717) is 18.8 Å². The van der Waals surface area contributed by atoms with Crippen molar-refractivity contribution in [1.29, 1.82) is 5.26 Å². The van der Waals surface area contributed by atoms with Gasteiger partial charge in [0.25, 0.3) is 0 Å². The number of thioether (sulfide) groups is 1. The van der Waals surface area contributed by atoms with E-state index in [1.807, 2.05) is 0 Å². The monoisotopic (exact) mass is 290 g/mol. The summed E-state index contributed by atoms with van der Waals surface area (Å²) in [7, 11) is 0. The van der Waals surface area contributed by atoms with E-state index in [4.69, 9.17) is 9.68 Å². The van der Waals surface area contributed by atoms with E-state index in [9.17, 15) is 9.59 Å². The van der Waals surface area contributed by atoms with E-state index < -0.39 is 17.6 Å². The molecule has 0 saturated carbocycles. The number of amides is 1. The van der Waals surface area contributed by atoms with Crippen molar-refractivity contribution in [3.8, 4) is 6.07 Å². The number of furan rings is 1. The van der Waals surface area contributed by atoms with Crippen molar-refractivity contribution in [1.82, 2.24) is 4.90 Å². The average Bonchev–Trinajstić information content (AvgIpc) is 3.00. The Labute approximate surface area is 121 Å². The van der Waals surface area contributed by atoms with E-state index in [0.717, 1.165) is 11.5 Å². The Kier molecular flexibility index (Phi) is 5.02. The summed E-state index contributed by atoms with van der Waals surface area (Å²) in [5.74, 6) is 0.0378. The molecule has 0 aliphatic carbocycles. The molecule has 0 N–H and O–H groups in total. The van der Waals surface area contributed by atoms with Crippen molar-refractivity contribution >= 4 is 29.5 Å². The fraction of sp³-hybridized carbons (Fsp3) is 0.357. The maximum absolute atomic E-state index is 12.1. The molecular weight excluding hydrogens is 276 g/mol. The van der Waals surface area contributed by atoms with Crippen LogP contribution in [-0.2, 0) is 9.59 Å². The van der Waals surface area contributed by atoms with Gasteiger partial charge in [-0.3, -0.25) is 9.59 Å². The zero-order valence-electron chi connectivity index (χ0n) is 10.8. The molecule has 5 nitrogen and oxygen atoms in total. The Morgan fingerprint density at radius 3 is 2.80 bits per heavy atom. The topological polar surface area (TPSA) is 74.3 Å². The lowest BCUT2D eigenvalue weighted by Gasteiger charge is -2.27. The Balaban J connectivity index is 2.01. The second kappa shape index (κ2) is 6.96. The smallest absolute Gasteiger partial charge is 0.247 e. The lowest BCUT2D eigenvalue weighted by atomic mass is 10.0. The first-order chi connectivity index (χ1) is 9.72. The molecule has 0 unspecified atom stereocenters. The second-order valence-electron chi connectivity index (χ2n) is 4.25. The molecule has 20 heavy (non-hydrogen) atoms. The van der Waals surface area contributed by atoms with Gasteiger partial charge in [-0.25, -0.2) is 0 Å². The van der Waals surface area contributed by atoms with E-state index >= 15 is 0 Å². The minimum atomic E-state index is -1.26. The van der Waals surface area contributed by atoms with Crippen LogP contribution in [0.4, 0.5) is 0 Å². The van der Waals surface area contributed by atoms with Gasteiger partial charge in [0.1, 0.15) is 5.76 Å². The molecule has 1 aromatic rings. The Hall–Kier alpha value is -2.00. The summed E-state index contributed by atoms with van der Waals surface area (Å²) in [5.41, 5.74) is 0. The highest BCUT2D eigenvalue weighted by Gasteiger charge is 2.29. The molecule has 1 aromatic heterocycles. The molecule has 0 spiro atoms. The number of hydrogen-bond donors (Lipinski definition) is 0. The molecule has 1 amide bonds. The summed E-state index contributed by atoms with van der Waals surface area (Å²) in [4.78, 5) is 25.7. The van der Waals surface area contributed by atoms with E-state index in [1.165, 1.54) is 18.4 Å². The molecule has 1 aliphatic heterocycles. The number of nitrogens with zero attached hydrogens (tertiary/aromatic N) is 2. The summed E-state index contributed by atoms with van der Waals surface area (Å²) < 4.78 is 5.05. The number of nitriles is 1. The summed E-state index contributed by atoms with van der Waals surface area (Å²) in [5, 5.41) is 9.07. The van der Waals surface area contributed by atoms with Gasteiger partial charge in [0.05, 0.1) is 12.3 Å².